The van der Waals surface area contributed by atoms with Crippen molar-refractivity contribution >= 4 is 0 Å². The first kappa shape index (κ1) is 16.8. The molecule has 0 aromatic carbocycles. The van der Waals surface area contributed by atoms with Crippen molar-refractivity contribution in [3.63, 3.8) is 0 Å². The Hall–Kier alpha value is -0.280. The van der Waals surface area contributed by atoms with Crippen LogP contribution in [0.3, 0.4) is 0 Å². The van der Waals surface area contributed by atoms with Crippen LogP contribution in [-0.4, -0.2) is 75.1 Å². The van der Waals surface area contributed by atoms with Crippen LogP contribution in [0, 0.1) is 0 Å². The van der Waals surface area contributed by atoms with E-state index in [2.05, 4.69) is 0 Å². The molecule has 0 bridgehead atoms. The van der Waals surface area contributed by atoms with Gasteiger partial charge in [-0.05, 0) is 13.8 Å². The second-order valence-electron chi connectivity index (χ2n) is 5.12. The second-order valence-corrected chi connectivity index (χ2v) is 5.12. The Bertz CT molecular complexity index is 236. The zero-order chi connectivity index (χ0) is 14.6. The first-order valence-electron chi connectivity index (χ1n) is 6.48. The van der Waals surface area contributed by atoms with Crippen LogP contribution in [0.25, 0.3) is 0 Å². The molecule has 0 aromatic rings. The Kier molecular flexibility index (Phi) is 6.61. The molecule has 7 heteroatoms. The molecule has 0 saturated carbocycles. The molecule has 7 atom stereocenters. The Morgan fingerprint density at radius 3 is 1.89 bits per heavy atom. The second kappa shape index (κ2) is 7.49. The Morgan fingerprint density at radius 2 is 1.42 bits per heavy atom. The summed E-state index contributed by atoms with van der Waals surface area (Å²) in [6.07, 6.45) is -3.61. The quantitative estimate of drug-likeness (QED) is 0.361. The van der Waals surface area contributed by atoms with E-state index < -0.39 is 36.8 Å². The van der Waals surface area contributed by atoms with Crippen LogP contribution >= 0.6 is 0 Å². The zero-order valence-electron chi connectivity index (χ0n) is 11.2. The summed E-state index contributed by atoms with van der Waals surface area (Å²) in [6, 6.07) is 0. The fraction of sp³-hybridized carbons (Fsp3) is 1.00. The highest BCUT2D eigenvalue weighted by Gasteiger charge is 2.32. The molecule has 7 nitrogen and oxygen atoms in total. The first-order valence-corrected chi connectivity index (χ1v) is 6.48. The van der Waals surface area contributed by atoms with E-state index in [1.807, 2.05) is 6.92 Å². The van der Waals surface area contributed by atoms with Crippen molar-refractivity contribution in [1.29, 1.82) is 0 Å². The highest BCUT2D eigenvalue weighted by Crippen LogP contribution is 2.17. The molecule has 2 aliphatic heterocycles. The average molecular weight is 280 g/mol. The van der Waals surface area contributed by atoms with E-state index in [1.165, 1.54) is 0 Å². The van der Waals surface area contributed by atoms with E-state index in [9.17, 15) is 0 Å². The fourth-order valence-corrected chi connectivity index (χ4v) is 1.90. The minimum Gasteiger partial charge on any atom is -0.390 e. The van der Waals surface area contributed by atoms with E-state index in [1.54, 1.807) is 6.92 Å². The van der Waals surface area contributed by atoms with Gasteiger partial charge < -0.3 is 35.0 Å². The maximum Gasteiger partial charge on any atom is 0.181 e. The van der Waals surface area contributed by atoms with Crippen molar-refractivity contribution in [1.82, 2.24) is 0 Å². The van der Waals surface area contributed by atoms with Gasteiger partial charge in [-0.3, -0.25) is 0 Å². The van der Waals surface area contributed by atoms with Crippen LogP contribution in [0.15, 0.2) is 0 Å². The fourth-order valence-electron chi connectivity index (χ4n) is 1.90. The van der Waals surface area contributed by atoms with Gasteiger partial charge in [0.05, 0.1) is 31.0 Å². The summed E-state index contributed by atoms with van der Waals surface area (Å²) in [5, 5.41) is 44.8. The van der Waals surface area contributed by atoms with Crippen molar-refractivity contribution in [3.8, 4) is 0 Å². The lowest BCUT2D eigenvalue weighted by Crippen LogP contribution is -2.45. The molecule has 5 unspecified atom stereocenters. The van der Waals surface area contributed by atoms with Gasteiger partial charge in [0.15, 0.2) is 6.29 Å². The average Bonchev–Trinajstić information content (AvgIpc) is 2.33. The van der Waals surface area contributed by atoms with Crippen LogP contribution in [0.4, 0.5) is 0 Å². The van der Waals surface area contributed by atoms with Crippen LogP contribution < -0.4 is 0 Å². The van der Waals surface area contributed by atoms with E-state index >= 15 is 0 Å². The highest BCUT2D eigenvalue weighted by molar-refractivity contribution is 4.77. The van der Waals surface area contributed by atoms with Gasteiger partial charge in [0.25, 0.3) is 0 Å². The monoisotopic (exact) mass is 280 g/mol. The molecule has 0 radical (unpaired) electrons. The Labute approximate surface area is 112 Å². The largest absolute Gasteiger partial charge is 0.390 e. The van der Waals surface area contributed by atoms with E-state index in [0.717, 1.165) is 0 Å². The molecule has 0 spiro atoms. The number of aliphatic hydroxyl groups is 5. The number of hydrogen-bond donors (Lipinski definition) is 5. The van der Waals surface area contributed by atoms with Crippen LogP contribution in [0.5, 0.6) is 0 Å². The topological polar surface area (TPSA) is 120 Å². The van der Waals surface area contributed by atoms with Crippen molar-refractivity contribution < 1.29 is 35.0 Å². The molecule has 2 aliphatic rings. The van der Waals surface area contributed by atoms with E-state index in [0.29, 0.717) is 6.42 Å². The van der Waals surface area contributed by atoms with Crippen molar-refractivity contribution in [2.75, 3.05) is 6.61 Å². The number of aliphatic hydroxyl groups excluding tert-OH is 5. The molecule has 114 valence electrons. The third-order valence-electron chi connectivity index (χ3n) is 3.28. The van der Waals surface area contributed by atoms with Crippen molar-refractivity contribution in [3.05, 3.63) is 0 Å². The molecule has 0 aliphatic carbocycles. The molecule has 5 N–H and O–H groups in total. The smallest absolute Gasteiger partial charge is 0.181 e. The summed E-state index contributed by atoms with van der Waals surface area (Å²) in [4.78, 5) is 0. The normalized spacial score (nSPS) is 47.2. The van der Waals surface area contributed by atoms with Gasteiger partial charge in [-0.25, -0.2) is 0 Å². The molecule has 19 heavy (non-hydrogen) atoms. The SMILES string of the molecule is CC1CC(O)C(O)CO1.C[C@@H]1OC(O)[C@H](O)CC1O. The van der Waals surface area contributed by atoms with Gasteiger partial charge in [0, 0.05) is 12.8 Å². The van der Waals surface area contributed by atoms with Crippen LogP contribution in [-0.2, 0) is 9.47 Å². The van der Waals surface area contributed by atoms with Crippen LogP contribution in [0.2, 0.25) is 0 Å². The highest BCUT2D eigenvalue weighted by atomic mass is 16.6. The lowest BCUT2D eigenvalue weighted by molar-refractivity contribution is -0.240. The summed E-state index contributed by atoms with van der Waals surface area (Å²) >= 11 is 0. The number of hydrogen-bond acceptors (Lipinski definition) is 7. The Morgan fingerprint density at radius 1 is 0.789 bits per heavy atom. The number of rotatable bonds is 0. The molecule has 0 aromatic heterocycles. The Balaban J connectivity index is 0.000000191. The predicted octanol–water partition coefficient (Wildman–Crippen LogP) is -1.65. The van der Waals surface area contributed by atoms with E-state index in [-0.39, 0.29) is 19.1 Å². The minimum atomic E-state index is -1.14. The molecule has 2 saturated heterocycles. The summed E-state index contributed by atoms with van der Waals surface area (Å²) in [6.45, 7) is 3.80. The summed E-state index contributed by atoms with van der Waals surface area (Å²) < 4.78 is 9.82. The number of ether oxygens (including phenoxy) is 2. The maximum absolute atomic E-state index is 9.07. The third-order valence-corrected chi connectivity index (χ3v) is 3.28. The van der Waals surface area contributed by atoms with Gasteiger partial charge in [-0.2, -0.15) is 0 Å². The molecule has 2 heterocycles. The van der Waals surface area contributed by atoms with Gasteiger partial charge in [-0.15, -0.1) is 0 Å². The molecular formula is C12H24O7. The van der Waals surface area contributed by atoms with Gasteiger partial charge in [0.2, 0.25) is 0 Å². The van der Waals surface area contributed by atoms with Gasteiger partial charge in [-0.1, -0.05) is 0 Å². The molecule has 2 fully saturated rings. The zero-order valence-corrected chi connectivity index (χ0v) is 11.2. The standard InChI is InChI=1S/C6H12O4.C6H12O3/c1-3-4(7)2-5(8)6(9)10-3;1-4-2-5(7)6(8)3-9-4/h3-9H,2H2,1H3;4-8H,2-3H2,1H3/t3-,4?,5+,6?;/m0./s1. The summed E-state index contributed by atoms with van der Waals surface area (Å²) in [5.41, 5.74) is 0. The third kappa shape index (κ3) is 5.31. The molecular weight excluding hydrogens is 256 g/mol. The van der Waals surface area contributed by atoms with Crippen molar-refractivity contribution in [2.24, 2.45) is 0 Å². The van der Waals surface area contributed by atoms with E-state index in [4.69, 9.17) is 35.0 Å². The predicted molar refractivity (Wildman–Crippen MR) is 65.2 cm³/mol. The summed E-state index contributed by atoms with van der Waals surface area (Å²) in [5.74, 6) is 0. The summed E-state index contributed by atoms with van der Waals surface area (Å²) in [7, 11) is 0. The molecule has 0 amide bonds. The first-order chi connectivity index (χ1) is 8.81. The molecule has 2 rings (SSSR count). The lowest BCUT2D eigenvalue weighted by atomic mass is 10.0. The van der Waals surface area contributed by atoms with Crippen molar-refractivity contribution in [2.45, 2.75) is 69.6 Å². The van der Waals surface area contributed by atoms with Gasteiger partial charge in [0.1, 0.15) is 12.2 Å². The lowest BCUT2D eigenvalue weighted by Gasteiger charge is -2.32. The van der Waals surface area contributed by atoms with Gasteiger partial charge >= 0.3 is 0 Å². The maximum atomic E-state index is 9.07. The van der Waals surface area contributed by atoms with Crippen LogP contribution in [0.1, 0.15) is 26.7 Å². The minimum absolute atomic E-state index is 0.0865.